The van der Waals surface area contributed by atoms with Gasteiger partial charge >= 0.3 is 0 Å². The number of nitrogens with zero attached hydrogens (tertiary/aromatic N) is 3. The van der Waals surface area contributed by atoms with Gasteiger partial charge in [-0.2, -0.15) is 0 Å². The fourth-order valence-corrected chi connectivity index (χ4v) is 4.38. The van der Waals surface area contributed by atoms with Crippen LogP contribution < -0.4 is 0 Å². The molecule has 33 heavy (non-hydrogen) atoms. The van der Waals surface area contributed by atoms with Crippen LogP contribution in [0.3, 0.4) is 0 Å². The van der Waals surface area contributed by atoms with Crippen LogP contribution >= 0.6 is 0 Å². The zero-order chi connectivity index (χ0) is 23.8. The number of aromatic nitrogens is 3. The summed E-state index contributed by atoms with van der Waals surface area (Å²) < 4.78 is 25.6. The van der Waals surface area contributed by atoms with E-state index in [-0.39, 0.29) is 22.3 Å². The van der Waals surface area contributed by atoms with E-state index in [1.54, 1.807) is 35.0 Å². The van der Waals surface area contributed by atoms with Gasteiger partial charge in [-0.15, -0.1) is 5.10 Å². The Bertz CT molecular complexity index is 1390. The van der Waals surface area contributed by atoms with Crippen LogP contribution in [0.4, 0.5) is 0 Å². The van der Waals surface area contributed by atoms with Crippen LogP contribution in [-0.2, 0) is 16.4 Å². The third kappa shape index (κ3) is 4.61. The largest absolute Gasteiger partial charge is 0.508 e. The highest BCUT2D eigenvalue weighted by Crippen LogP contribution is 2.40. The van der Waals surface area contributed by atoms with Crippen LogP contribution in [0.25, 0.3) is 22.5 Å². The summed E-state index contributed by atoms with van der Waals surface area (Å²) in [6.45, 7) is 4.34. The summed E-state index contributed by atoms with van der Waals surface area (Å²) in [4.78, 5) is 0.212. The van der Waals surface area contributed by atoms with Crippen LogP contribution in [0.5, 0.6) is 11.5 Å². The molecule has 0 bridgehead atoms. The fourth-order valence-electron chi connectivity index (χ4n) is 3.75. The van der Waals surface area contributed by atoms with Crippen molar-refractivity contribution in [1.82, 2.24) is 15.0 Å². The molecule has 1 heterocycles. The lowest BCUT2D eigenvalue weighted by Crippen LogP contribution is -2.04. The minimum Gasteiger partial charge on any atom is -0.508 e. The van der Waals surface area contributed by atoms with E-state index in [2.05, 4.69) is 10.3 Å². The van der Waals surface area contributed by atoms with Crippen molar-refractivity contribution in [3.8, 4) is 34.0 Å². The van der Waals surface area contributed by atoms with Gasteiger partial charge in [-0.3, -0.25) is 0 Å². The molecule has 0 fully saturated rings. The second-order valence-corrected chi connectivity index (χ2v) is 10.3. The molecule has 0 aliphatic rings. The molecule has 4 aromatic rings. The van der Waals surface area contributed by atoms with Gasteiger partial charge in [0, 0.05) is 23.4 Å². The van der Waals surface area contributed by atoms with E-state index < -0.39 is 9.84 Å². The summed E-state index contributed by atoms with van der Waals surface area (Å²) in [5, 5.41) is 29.6. The smallest absolute Gasteiger partial charge is 0.175 e. The number of phenols is 2. The molecule has 0 saturated carbocycles. The molecule has 4 rings (SSSR count). The molecule has 0 atom stereocenters. The summed E-state index contributed by atoms with van der Waals surface area (Å²) in [5.74, 6) is -0.0687. The maximum absolute atomic E-state index is 11.9. The Kier molecular flexibility index (Phi) is 5.95. The van der Waals surface area contributed by atoms with Crippen molar-refractivity contribution >= 4 is 9.84 Å². The first-order valence-electron chi connectivity index (χ1n) is 10.5. The average Bonchev–Trinajstić information content (AvgIpc) is 3.17. The van der Waals surface area contributed by atoms with Crippen LogP contribution in [0.1, 0.15) is 30.9 Å². The van der Waals surface area contributed by atoms with Crippen LogP contribution in [-0.4, -0.2) is 39.9 Å². The van der Waals surface area contributed by atoms with Crippen molar-refractivity contribution in [3.05, 3.63) is 77.9 Å². The summed E-state index contributed by atoms with van der Waals surface area (Å²) >= 11 is 0. The number of rotatable bonds is 6. The SMILES string of the molecule is CC(C)c1cc(-c2nnn(Cc3ccccc3)c2-c2ccc(S(C)(=O)=O)cc2)c(O)cc1O. The van der Waals surface area contributed by atoms with Gasteiger partial charge in [-0.25, -0.2) is 13.1 Å². The molecule has 0 aliphatic carbocycles. The zero-order valence-electron chi connectivity index (χ0n) is 18.6. The quantitative estimate of drug-likeness (QED) is 0.433. The monoisotopic (exact) mass is 463 g/mol. The van der Waals surface area contributed by atoms with Gasteiger partial charge < -0.3 is 10.2 Å². The number of phenolic OH excluding ortho intramolecular Hbond substituents is 2. The van der Waals surface area contributed by atoms with Crippen LogP contribution in [0, 0.1) is 0 Å². The Morgan fingerprint density at radius 3 is 2.21 bits per heavy atom. The molecule has 2 N–H and O–H groups in total. The molecular formula is C25H25N3O4S. The molecule has 0 unspecified atom stereocenters. The van der Waals surface area contributed by atoms with Gasteiger partial charge in [0.25, 0.3) is 0 Å². The molecule has 7 nitrogen and oxygen atoms in total. The predicted octanol–water partition coefficient (Wildman–Crippen LogP) is 4.60. The van der Waals surface area contributed by atoms with Gasteiger partial charge in [-0.1, -0.05) is 61.5 Å². The number of benzene rings is 3. The normalized spacial score (nSPS) is 11.8. The van der Waals surface area contributed by atoms with E-state index in [1.165, 1.54) is 6.07 Å². The van der Waals surface area contributed by atoms with E-state index in [0.29, 0.717) is 34.6 Å². The molecule has 170 valence electrons. The van der Waals surface area contributed by atoms with E-state index in [9.17, 15) is 18.6 Å². The summed E-state index contributed by atoms with van der Waals surface area (Å²) in [5.41, 5.74) is 3.92. The van der Waals surface area contributed by atoms with Crippen molar-refractivity contribution in [2.45, 2.75) is 31.2 Å². The Balaban J connectivity index is 1.91. The van der Waals surface area contributed by atoms with Gasteiger partial charge in [0.15, 0.2) is 9.84 Å². The Morgan fingerprint density at radius 1 is 0.939 bits per heavy atom. The molecule has 0 saturated heterocycles. The highest BCUT2D eigenvalue weighted by Gasteiger charge is 2.22. The van der Waals surface area contributed by atoms with E-state index in [1.807, 2.05) is 44.2 Å². The molecule has 3 aromatic carbocycles. The lowest BCUT2D eigenvalue weighted by molar-refractivity contribution is 0.445. The third-order valence-corrected chi connectivity index (χ3v) is 6.62. The Morgan fingerprint density at radius 2 is 1.61 bits per heavy atom. The Labute approximate surface area is 192 Å². The highest BCUT2D eigenvalue weighted by atomic mass is 32.2. The minimum absolute atomic E-state index is 0.0157. The fraction of sp³-hybridized carbons (Fsp3) is 0.200. The molecule has 1 aromatic heterocycles. The third-order valence-electron chi connectivity index (χ3n) is 5.49. The van der Waals surface area contributed by atoms with Gasteiger partial charge in [0.2, 0.25) is 0 Å². The molecule has 8 heteroatoms. The maximum atomic E-state index is 11.9. The maximum Gasteiger partial charge on any atom is 0.175 e. The first kappa shape index (κ1) is 22.5. The number of hydrogen-bond donors (Lipinski definition) is 2. The summed E-state index contributed by atoms with van der Waals surface area (Å²) in [7, 11) is -3.34. The van der Waals surface area contributed by atoms with Crippen molar-refractivity contribution in [3.63, 3.8) is 0 Å². The lowest BCUT2D eigenvalue weighted by Gasteiger charge is -2.13. The first-order valence-corrected chi connectivity index (χ1v) is 12.4. The zero-order valence-corrected chi connectivity index (χ0v) is 19.4. The van der Waals surface area contributed by atoms with E-state index in [0.717, 1.165) is 11.8 Å². The van der Waals surface area contributed by atoms with E-state index in [4.69, 9.17) is 0 Å². The minimum atomic E-state index is -3.34. The van der Waals surface area contributed by atoms with Crippen molar-refractivity contribution < 1.29 is 18.6 Å². The van der Waals surface area contributed by atoms with Crippen molar-refractivity contribution in [1.29, 1.82) is 0 Å². The van der Waals surface area contributed by atoms with Crippen molar-refractivity contribution in [2.24, 2.45) is 0 Å². The second kappa shape index (κ2) is 8.71. The summed E-state index contributed by atoms with van der Waals surface area (Å²) in [6, 6.07) is 19.3. The van der Waals surface area contributed by atoms with E-state index >= 15 is 0 Å². The number of aromatic hydroxyl groups is 2. The molecule has 0 amide bonds. The first-order chi connectivity index (χ1) is 15.6. The average molecular weight is 464 g/mol. The number of sulfone groups is 1. The van der Waals surface area contributed by atoms with Gasteiger partial charge in [0.1, 0.15) is 17.2 Å². The molecule has 0 spiro atoms. The lowest BCUT2D eigenvalue weighted by atomic mass is 9.96. The summed E-state index contributed by atoms with van der Waals surface area (Å²) in [6.07, 6.45) is 1.16. The Hall–Kier alpha value is -3.65. The topological polar surface area (TPSA) is 105 Å². The highest BCUT2D eigenvalue weighted by molar-refractivity contribution is 7.90. The van der Waals surface area contributed by atoms with Gasteiger partial charge in [-0.05, 0) is 35.2 Å². The second-order valence-electron chi connectivity index (χ2n) is 8.31. The van der Waals surface area contributed by atoms with Gasteiger partial charge in [0.05, 0.1) is 17.1 Å². The van der Waals surface area contributed by atoms with Crippen LogP contribution in [0.15, 0.2) is 71.6 Å². The predicted molar refractivity (Wildman–Crippen MR) is 127 cm³/mol. The molecule has 0 radical (unpaired) electrons. The number of hydrogen-bond acceptors (Lipinski definition) is 6. The molecule has 0 aliphatic heterocycles. The van der Waals surface area contributed by atoms with Crippen molar-refractivity contribution in [2.75, 3.05) is 6.26 Å². The van der Waals surface area contributed by atoms with Crippen LogP contribution in [0.2, 0.25) is 0 Å². The molecular weight excluding hydrogens is 438 g/mol. The standard InChI is InChI=1S/C25H25N3O4S/c1-16(2)20-13-21(23(30)14-22(20)29)24-25(18-9-11-19(12-10-18)33(3,31)32)28(27-26-24)15-17-7-5-4-6-8-17/h4-14,16,29-30H,15H2,1-3H3.